The number of methoxy groups -OCH3 is 1. The molecule has 34 heavy (non-hydrogen) atoms. The number of halogens is 2. The van der Waals surface area contributed by atoms with Crippen molar-refractivity contribution >= 4 is 17.6 Å². The first-order chi connectivity index (χ1) is 16.3. The van der Waals surface area contributed by atoms with E-state index in [1.54, 1.807) is 10.6 Å². The van der Waals surface area contributed by atoms with Gasteiger partial charge in [-0.05, 0) is 42.3 Å². The zero-order chi connectivity index (χ0) is 24.4. The Kier molecular flexibility index (Phi) is 6.78. The Labute approximate surface area is 195 Å². The third-order valence-electron chi connectivity index (χ3n) is 5.86. The summed E-state index contributed by atoms with van der Waals surface area (Å²) in [5.74, 6) is -1.96. The minimum atomic E-state index is -0.805. The van der Waals surface area contributed by atoms with Crippen LogP contribution in [-0.2, 0) is 27.1 Å². The molecule has 1 fully saturated rings. The highest BCUT2D eigenvalue weighted by Crippen LogP contribution is 2.32. The quantitative estimate of drug-likeness (QED) is 0.617. The summed E-state index contributed by atoms with van der Waals surface area (Å²) in [5, 5.41) is 2.44. The lowest BCUT2D eigenvalue weighted by molar-refractivity contribution is -0.119. The first-order valence-corrected chi connectivity index (χ1v) is 10.9. The second kappa shape index (κ2) is 9.76. The number of imidazole rings is 1. The van der Waals surface area contributed by atoms with E-state index < -0.39 is 23.8 Å². The van der Waals surface area contributed by atoms with E-state index >= 15 is 8.78 Å². The molecule has 0 spiro atoms. The van der Waals surface area contributed by atoms with Gasteiger partial charge >= 0.3 is 6.09 Å². The van der Waals surface area contributed by atoms with Crippen molar-refractivity contribution in [1.82, 2.24) is 19.6 Å². The largest absolute Gasteiger partial charge is 0.453 e. The van der Waals surface area contributed by atoms with E-state index in [0.29, 0.717) is 24.5 Å². The summed E-state index contributed by atoms with van der Waals surface area (Å²) < 4.78 is 42.9. The Balaban J connectivity index is 1.76. The van der Waals surface area contributed by atoms with Crippen LogP contribution < -0.4 is 5.32 Å². The van der Waals surface area contributed by atoms with Gasteiger partial charge in [0.05, 0.1) is 49.7 Å². The maximum atomic E-state index is 15.2. The van der Waals surface area contributed by atoms with Gasteiger partial charge in [-0.15, -0.1) is 0 Å². The molecule has 0 bridgehead atoms. The standard InChI is InChI=1S/C24H26F2N4O4/c1-14-4-5-30-19(12-16-13-29(6-7-34-16)24(32)33-3)23(28-20(30)8-14)22-17(25)9-15(10-18(22)26)11-21(31)27-2/h4-5,8-10,16H,6-7,11-13H2,1-3H3,(H,27,31)/t16-/m0/s1. The average molecular weight is 472 g/mol. The highest BCUT2D eigenvalue weighted by Gasteiger charge is 2.29. The maximum Gasteiger partial charge on any atom is 0.409 e. The fourth-order valence-electron chi connectivity index (χ4n) is 4.17. The molecule has 1 N–H and O–H groups in total. The summed E-state index contributed by atoms with van der Waals surface area (Å²) in [7, 11) is 2.78. The molecule has 1 aromatic carbocycles. The number of fused-ring (bicyclic) bond motifs is 1. The highest BCUT2D eigenvalue weighted by molar-refractivity contribution is 5.78. The number of nitrogens with zero attached hydrogens (tertiary/aromatic N) is 3. The molecule has 2 amide bonds. The van der Waals surface area contributed by atoms with Crippen LogP contribution in [0.4, 0.5) is 13.6 Å². The van der Waals surface area contributed by atoms with E-state index in [1.807, 2.05) is 19.1 Å². The van der Waals surface area contributed by atoms with Crippen LogP contribution in [0.2, 0.25) is 0 Å². The molecule has 1 aliphatic heterocycles. The number of carbonyl (C=O) groups excluding carboxylic acids is 2. The van der Waals surface area contributed by atoms with Gasteiger partial charge in [-0.2, -0.15) is 0 Å². The summed E-state index contributed by atoms with van der Waals surface area (Å²) in [6, 6.07) is 6.01. The van der Waals surface area contributed by atoms with Gasteiger partial charge in [-0.25, -0.2) is 18.6 Å². The number of benzene rings is 1. The maximum absolute atomic E-state index is 15.2. The van der Waals surface area contributed by atoms with Crippen LogP contribution in [-0.4, -0.2) is 66.2 Å². The van der Waals surface area contributed by atoms with E-state index in [2.05, 4.69) is 10.3 Å². The van der Waals surface area contributed by atoms with Crippen LogP contribution in [0.25, 0.3) is 16.9 Å². The Bertz CT molecular complexity index is 1220. The fraction of sp³-hybridized carbons (Fsp3) is 0.375. The van der Waals surface area contributed by atoms with Crippen molar-refractivity contribution < 1.29 is 27.8 Å². The molecule has 1 aliphatic rings. The Hall–Kier alpha value is -3.53. The van der Waals surface area contributed by atoms with E-state index in [0.717, 1.165) is 17.7 Å². The van der Waals surface area contributed by atoms with E-state index in [4.69, 9.17) is 9.47 Å². The third-order valence-corrected chi connectivity index (χ3v) is 5.86. The van der Waals surface area contributed by atoms with Gasteiger partial charge in [0, 0.05) is 26.2 Å². The monoisotopic (exact) mass is 472 g/mol. The molecule has 3 heterocycles. The lowest BCUT2D eigenvalue weighted by Crippen LogP contribution is -2.46. The number of aromatic nitrogens is 2. The van der Waals surface area contributed by atoms with Gasteiger partial charge in [0.15, 0.2) is 0 Å². The molecular weight excluding hydrogens is 446 g/mol. The van der Waals surface area contributed by atoms with E-state index in [9.17, 15) is 9.59 Å². The van der Waals surface area contributed by atoms with Crippen LogP contribution in [0.5, 0.6) is 0 Å². The SMILES string of the molecule is CNC(=O)Cc1cc(F)c(-c2nc3cc(C)ccn3c2C[C@H]2CN(C(=O)OC)CCO2)c(F)c1. The van der Waals surface area contributed by atoms with Crippen molar-refractivity contribution in [2.45, 2.75) is 25.9 Å². The Morgan fingerprint density at radius 3 is 2.68 bits per heavy atom. The number of morpholine rings is 1. The van der Waals surface area contributed by atoms with E-state index in [1.165, 1.54) is 19.1 Å². The van der Waals surface area contributed by atoms with E-state index in [-0.39, 0.29) is 42.1 Å². The number of aryl methyl sites for hydroxylation is 1. The molecule has 1 saturated heterocycles. The highest BCUT2D eigenvalue weighted by atomic mass is 19.1. The number of ether oxygens (including phenoxy) is 2. The van der Waals surface area contributed by atoms with Gasteiger partial charge < -0.3 is 24.1 Å². The molecule has 10 heteroatoms. The summed E-state index contributed by atoms with van der Waals surface area (Å²) in [5.41, 5.74) is 2.16. The molecule has 8 nitrogen and oxygen atoms in total. The number of carbonyl (C=O) groups is 2. The lowest BCUT2D eigenvalue weighted by atomic mass is 10.0. The van der Waals surface area contributed by atoms with Crippen molar-refractivity contribution in [3.63, 3.8) is 0 Å². The molecule has 0 aliphatic carbocycles. The number of amides is 2. The molecule has 2 aromatic heterocycles. The molecule has 4 rings (SSSR count). The van der Waals surface area contributed by atoms with Gasteiger partial charge in [-0.1, -0.05) is 0 Å². The molecule has 0 radical (unpaired) electrons. The Morgan fingerprint density at radius 1 is 1.26 bits per heavy atom. The minimum Gasteiger partial charge on any atom is -0.453 e. The summed E-state index contributed by atoms with van der Waals surface area (Å²) in [6.07, 6.45) is 1.07. The second-order valence-corrected chi connectivity index (χ2v) is 8.24. The zero-order valence-corrected chi connectivity index (χ0v) is 19.2. The van der Waals surface area contributed by atoms with Gasteiger partial charge in [-0.3, -0.25) is 4.79 Å². The van der Waals surface area contributed by atoms with Gasteiger partial charge in [0.25, 0.3) is 0 Å². The van der Waals surface area contributed by atoms with Gasteiger partial charge in [0.1, 0.15) is 17.3 Å². The summed E-state index contributed by atoms with van der Waals surface area (Å²) in [6.45, 7) is 2.91. The molecule has 180 valence electrons. The summed E-state index contributed by atoms with van der Waals surface area (Å²) >= 11 is 0. The van der Waals surface area contributed by atoms with Crippen LogP contribution >= 0.6 is 0 Å². The van der Waals surface area contributed by atoms with Crippen LogP contribution in [0.3, 0.4) is 0 Å². The first kappa shape index (κ1) is 23.6. The second-order valence-electron chi connectivity index (χ2n) is 8.24. The predicted octanol–water partition coefficient (Wildman–Crippen LogP) is 2.89. The van der Waals surface area contributed by atoms with Crippen LogP contribution in [0, 0.1) is 18.6 Å². The normalized spacial score (nSPS) is 16.0. The Morgan fingerprint density at radius 2 is 2.00 bits per heavy atom. The first-order valence-electron chi connectivity index (χ1n) is 10.9. The molecular formula is C24H26F2N4O4. The lowest BCUT2D eigenvalue weighted by Gasteiger charge is -2.32. The van der Waals surface area contributed by atoms with Crippen molar-refractivity contribution in [2.75, 3.05) is 33.9 Å². The van der Waals surface area contributed by atoms with Crippen molar-refractivity contribution in [3.8, 4) is 11.3 Å². The number of rotatable bonds is 5. The molecule has 3 aromatic rings. The topological polar surface area (TPSA) is 85.2 Å². The third kappa shape index (κ3) is 4.72. The number of nitrogens with one attached hydrogen (secondary N) is 1. The van der Waals surface area contributed by atoms with Crippen molar-refractivity contribution in [1.29, 1.82) is 0 Å². The van der Waals surface area contributed by atoms with Crippen LogP contribution in [0.15, 0.2) is 30.5 Å². The fourth-order valence-corrected chi connectivity index (χ4v) is 4.17. The van der Waals surface area contributed by atoms with Crippen LogP contribution in [0.1, 0.15) is 16.8 Å². The minimum absolute atomic E-state index is 0.138. The van der Waals surface area contributed by atoms with Crippen molar-refractivity contribution in [3.05, 3.63) is 58.9 Å². The summed E-state index contributed by atoms with van der Waals surface area (Å²) in [4.78, 5) is 29.7. The molecule has 1 atom stereocenters. The number of hydrogen-bond donors (Lipinski definition) is 1. The molecule has 0 saturated carbocycles. The van der Waals surface area contributed by atoms with Gasteiger partial charge in [0.2, 0.25) is 5.91 Å². The van der Waals surface area contributed by atoms with Crippen molar-refractivity contribution in [2.24, 2.45) is 0 Å². The number of pyridine rings is 1. The smallest absolute Gasteiger partial charge is 0.409 e. The predicted molar refractivity (Wildman–Crippen MR) is 120 cm³/mol. The zero-order valence-electron chi connectivity index (χ0n) is 19.2. The number of likely N-dealkylation sites (N-methyl/N-ethyl adjacent to an activating group) is 1. The molecule has 0 unspecified atom stereocenters. The number of hydrogen-bond acceptors (Lipinski definition) is 5. The average Bonchev–Trinajstić information content (AvgIpc) is 3.14.